The highest BCUT2D eigenvalue weighted by Gasteiger charge is 2.50. The molecule has 3 heterocycles. The van der Waals surface area contributed by atoms with Crippen molar-refractivity contribution in [1.82, 2.24) is 10.2 Å². The van der Waals surface area contributed by atoms with Crippen molar-refractivity contribution >= 4 is 25.8 Å². The van der Waals surface area contributed by atoms with E-state index < -0.39 is 8.32 Å². The smallest absolute Gasteiger partial charge is 0.240 e. The number of carbonyl (C=O) groups excluding carboxylic acids is 2. The van der Waals surface area contributed by atoms with E-state index in [4.69, 9.17) is 4.74 Å². The lowest BCUT2D eigenvalue weighted by atomic mass is 9.95. The summed E-state index contributed by atoms with van der Waals surface area (Å²) in [6, 6.07) is 8.10. The molecule has 3 aliphatic heterocycles. The summed E-state index contributed by atoms with van der Waals surface area (Å²) in [7, 11) is -2.55. The third kappa shape index (κ3) is 5.97. The number of hydrogen-bond donors (Lipinski definition) is 3. The summed E-state index contributed by atoms with van der Waals surface area (Å²) in [6.45, 7) is 8.60. The van der Waals surface area contributed by atoms with E-state index in [-0.39, 0.29) is 54.6 Å². The average Bonchev–Trinajstić information content (AvgIpc) is 3.42. The summed E-state index contributed by atoms with van der Waals surface area (Å²) in [5.74, 6) is 0.295. The molecule has 0 aromatic heterocycles. The number of piperazine rings is 1. The Labute approximate surface area is 209 Å². The van der Waals surface area contributed by atoms with Crippen LogP contribution in [-0.2, 0) is 20.7 Å². The number of hydrogen-bond acceptors (Lipinski definition) is 6. The molecule has 8 nitrogen and oxygen atoms in total. The SMILES string of the molecule is C[C@@H]1[C@@H]([Si](C)(C)O)[C@H](CC(=O)N2CCC[C@H]2CO)O[C@@H]1CCc1ccc(N2CCNCC2=O)cc1. The quantitative estimate of drug-likeness (QED) is 0.469. The van der Waals surface area contributed by atoms with Crippen LogP contribution in [0.15, 0.2) is 24.3 Å². The molecule has 0 spiro atoms. The number of ether oxygens (including phenoxy) is 1. The molecule has 1 aromatic carbocycles. The zero-order chi connectivity index (χ0) is 25.2. The van der Waals surface area contributed by atoms with Crippen LogP contribution in [0.2, 0.25) is 18.6 Å². The molecule has 3 aliphatic rings. The summed E-state index contributed by atoms with van der Waals surface area (Å²) in [6.07, 6.45) is 3.40. The lowest BCUT2D eigenvalue weighted by molar-refractivity contribution is -0.135. The molecular weight excluding hydrogens is 462 g/mol. The van der Waals surface area contributed by atoms with Gasteiger partial charge in [-0.1, -0.05) is 19.1 Å². The van der Waals surface area contributed by atoms with Crippen LogP contribution in [0.1, 0.15) is 38.2 Å². The second kappa shape index (κ2) is 11.1. The van der Waals surface area contributed by atoms with Crippen LogP contribution in [0.25, 0.3) is 0 Å². The minimum atomic E-state index is -2.55. The molecule has 194 valence electrons. The van der Waals surface area contributed by atoms with Gasteiger partial charge in [0.2, 0.25) is 11.8 Å². The standard InChI is InChI=1S/C26H41N3O5Si/c1-18-22(11-8-19-6-9-20(10-7-19)29-14-12-27-16-25(29)32)34-23(26(18)35(2,3)33)15-24(31)28-13-4-5-21(28)17-30/h6-7,9-10,18,21-23,26-27,30,33H,4-5,8,11-17H2,1-3H3/t18-,21-,22+,23-,26+/m0/s1. The van der Waals surface area contributed by atoms with Gasteiger partial charge in [0.15, 0.2) is 8.32 Å². The van der Waals surface area contributed by atoms with Crippen molar-refractivity contribution in [2.24, 2.45) is 5.92 Å². The maximum Gasteiger partial charge on any atom is 0.240 e. The monoisotopic (exact) mass is 503 g/mol. The fourth-order valence-corrected chi connectivity index (χ4v) is 8.89. The van der Waals surface area contributed by atoms with Gasteiger partial charge in [-0.15, -0.1) is 0 Å². The number of anilines is 1. The third-order valence-corrected chi connectivity index (χ3v) is 10.6. The van der Waals surface area contributed by atoms with E-state index in [1.165, 1.54) is 5.56 Å². The van der Waals surface area contributed by atoms with Gasteiger partial charge in [-0.05, 0) is 62.4 Å². The van der Waals surface area contributed by atoms with Gasteiger partial charge in [-0.3, -0.25) is 9.59 Å². The van der Waals surface area contributed by atoms with Gasteiger partial charge in [0.25, 0.3) is 0 Å². The number of aliphatic hydroxyl groups excluding tert-OH is 1. The van der Waals surface area contributed by atoms with E-state index in [0.29, 0.717) is 19.6 Å². The molecule has 5 atom stereocenters. The number of likely N-dealkylation sites (tertiary alicyclic amines) is 1. The zero-order valence-electron chi connectivity index (χ0n) is 21.3. The minimum Gasteiger partial charge on any atom is -0.432 e. The summed E-state index contributed by atoms with van der Waals surface area (Å²) in [5, 5.41) is 12.7. The van der Waals surface area contributed by atoms with Gasteiger partial charge in [-0.25, -0.2) is 0 Å². The Balaban J connectivity index is 1.38. The Morgan fingerprint density at radius 3 is 2.60 bits per heavy atom. The molecule has 0 unspecified atom stereocenters. The van der Waals surface area contributed by atoms with Crippen LogP contribution >= 0.6 is 0 Å². The molecular formula is C26H41N3O5Si. The van der Waals surface area contributed by atoms with Gasteiger partial charge in [0.05, 0.1) is 37.8 Å². The molecule has 0 radical (unpaired) electrons. The van der Waals surface area contributed by atoms with Crippen LogP contribution < -0.4 is 10.2 Å². The number of aryl methyl sites for hydroxylation is 1. The predicted octanol–water partition coefficient (Wildman–Crippen LogP) is 1.90. The van der Waals surface area contributed by atoms with Crippen molar-refractivity contribution in [1.29, 1.82) is 0 Å². The van der Waals surface area contributed by atoms with Crippen LogP contribution in [0.3, 0.4) is 0 Å². The topological polar surface area (TPSA) is 102 Å². The lowest BCUT2D eigenvalue weighted by Gasteiger charge is -2.31. The van der Waals surface area contributed by atoms with Gasteiger partial charge in [-0.2, -0.15) is 0 Å². The fourth-order valence-electron chi connectivity index (χ4n) is 6.28. The van der Waals surface area contributed by atoms with Gasteiger partial charge in [0, 0.05) is 30.9 Å². The first-order valence-electron chi connectivity index (χ1n) is 13.1. The fraction of sp³-hybridized carbons (Fsp3) is 0.692. The average molecular weight is 504 g/mol. The molecule has 0 saturated carbocycles. The summed E-state index contributed by atoms with van der Waals surface area (Å²) >= 11 is 0. The van der Waals surface area contributed by atoms with E-state index in [2.05, 4.69) is 24.4 Å². The van der Waals surface area contributed by atoms with Crippen molar-refractivity contribution in [3.63, 3.8) is 0 Å². The van der Waals surface area contributed by atoms with Gasteiger partial charge in [0.1, 0.15) is 0 Å². The first kappa shape index (κ1) is 26.3. The summed E-state index contributed by atoms with van der Waals surface area (Å²) in [4.78, 5) is 39.9. The number of rotatable bonds is 8. The molecule has 35 heavy (non-hydrogen) atoms. The Morgan fingerprint density at radius 1 is 1.20 bits per heavy atom. The Bertz CT molecular complexity index is 890. The van der Waals surface area contributed by atoms with Crippen LogP contribution in [0.5, 0.6) is 0 Å². The highest BCUT2D eigenvalue weighted by molar-refractivity contribution is 6.71. The van der Waals surface area contributed by atoms with Crippen LogP contribution in [0, 0.1) is 5.92 Å². The molecule has 9 heteroatoms. The third-order valence-electron chi connectivity index (χ3n) is 8.06. The van der Waals surface area contributed by atoms with Crippen molar-refractivity contribution < 1.29 is 24.2 Å². The van der Waals surface area contributed by atoms with E-state index in [1.54, 1.807) is 4.90 Å². The minimum absolute atomic E-state index is 0.00155. The maximum absolute atomic E-state index is 13.1. The number of amides is 2. The summed E-state index contributed by atoms with van der Waals surface area (Å²) < 4.78 is 6.47. The molecule has 0 bridgehead atoms. The maximum atomic E-state index is 13.1. The molecule has 0 aliphatic carbocycles. The molecule has 2 amide bonds. The van der Waals surface area contributed by atoms with Crippen LogP contribution in [-0.4, -0.2) is 86.0 Å². The van der Waals surface area contributed by atoms with Crippen molar-refractivity contribution in [3.05, 3.63) is 29.8 Å². The summed E-state index contributed by atoms with van der Waals surface area (Å²) in [5.41, 5.74) is 2.11. The number of carbonyl (C=O) groups is 2. The number of nitrogens with zero attached hydrogens (tertiary/aromatic N) is 2. The van der Waals surface area contributed by atoms with E-state index >= 15 is 0 Å². The number of nitrogens with one attached hydrogen (secondary N) is 1. The van der Waals surface area contributed by atoms with Crippen molar-refractivity contribution in [3.8, 4) is 0 Å². The second-order valence-corrected chi connectivity index (χ2v) is 14.9. The molecule has 1 aromatic rings. The highest BCUT2D eigenvalue weighted by atomic mass is 28.4. The van der Waals surface area contributed by atoms with Crippen LogP contribution in [0.4, 0.5) is 5.69 Å². The normalized spacial score (nSPS) is 29.7. The van der Waals surface area contributed by atoms with Gasteiger partial charge < -0.3 is 29.8 Å². The molecule has 3 fully saturated rings. The molecule has 3 saturated heterocycles. The van der Waals surface area contributed by atoms with E-state index in [1.807, 2.05) is 30.1 Å². The van der Waals surface area contributed by atoms with Crippen molar-refractivity contribution in [2.45, 2.75) is 75.9 Å². The molecule has 3 N–H and O–H groups in total. The Morgan fingerprint density at radius 2 is 1.94 bits per heavy atom. The van der Waals surface area contributed by atoms with Gasteiger partial charge >= 0.3 is 0 Å². The number of benzene rings is 1. The van der Waals surface area contributed by atoms with E-state index in [9.17, 15) is 19.5 Å². The first-order valence-corrected chi connectivity index (χ1v) is 16.1. The largest absolute Gasteiger partial charge is 0.432 e. The Kier molecular flexibility index (Phi) is 8.33. The van der Waals surface area contributed by atoms with E-state index in [0.717, 1.165) is 37.9 Å². The highest BCUT2D eigenvalue weighted by Crippen LogP contribution is 2.45. The molecule has 4 rings (SSSR count). The number of aliphatic hydroxyl groups is 1. The second-order valence-electron chi connectivity index (χ2n) is 10.9. The zero-order valence-corrected chi connectivity index (χ0v) is 22.3. The van der Waals surface area contributed by atoms with Crippen molar-refractivity contribution in [2.75, 3.05) is 37.7 Å². The lowest BCUT2D eigenvalue weighted by Crippen LogP contribution is -2.48. The Hall–Kier alpha value is -1.78. The predicted molar refractivity (Wildman–Crippen MR) is 138 cm³/mol. The first-order chi connectivity index (χ1) is 16.7.